The van der Waals surface area contributed by atoms with E-state index in [1.165, 1.54) is 11.1 Å². The molecule has 0 heterocycles. The number of likely N-dealkylation sites (N-methyl/N-ethyl adjacent to an activating group) is 2. The molecule has 0 spiro atoms. The molecule has 2 aromatic rings. The summed E-state index contributed by atoms with van der Waals surface area (Å²) in [5.41, 5.74) is 6.44. The molecule has 52 heavy (non-hydrogen) atoms. The summed E-state index contributed by atoms with van der Waals surface area (Å²) in [5.74, 6) is -1.27. The molecule has 0 unspecified atom stereocenters. The number of nitrogens with zero attached hydrogens (tertiary/aromatic N) is 2. The number of rotatable bonds is 22. The van der Waals surface area contributed by atoms with E-state index in [0.717, 1.165) is 95.2 Å². The van der Waals surface area contributed by atoms with Gasteiger partial charge in [0.1, 0.15) is 12.2 Å². The number of benzene rings is 2. The highest BCUT2D eigenvalue weighted by Crippen LogP contribution is 2.26. The summed E-state index contributed by atoms with van der Waals surface area (Å²) in [5, 5.41) is 0. The SMILES string of the molecule is C=CCN(C)C/C(C)=C/CC/C(C)=C/[C@H](OC(=O)/C=C/C(=O)O[C@@H](/C=C(\C)CC/C=C(\C)CN(C)CC=C)c1ccc(Br)cc1)c1ccc(Br)cc1. The largest absolute Gasteiger partial charge is 0.450 e. The number of hydrogen-bond acceptors (Lipinski definition) is 6. The fourth-order valence-electron chi connectivity index (χ4n) is 5.49. The highest BCUT2D eigenvalue weighted by molar-refractivity contribution is 9.10. The summed E-state index contributed by atoms with van der Waals surface area (Å²) in [6, 6.07) is 15.3. The van der Waals surface area contributed by atoms with E-state index in [0.29, 0.717) is 0 Å². The van der Waals surface area contributed by atoms with E-state index in [4.69, 9.17) is 9.47 Å². The van der Waals surface area contributed by atoms with Gasteiger partial charge in [-0.25, -0.2) is 9.59 Å². The number of allylic oxidation sites excluding steroid dienone is 4. The maximum absolute atomic E-state index is 13.1. The van der Waals surface area contributed by atoms with Crippen molar-refractivity contribution in [1.82, 2.24) is 9.80 Å². The summed E-state index contributed by atoms with van der Waals surface area (Å²) >= 11 is 6.96. The first-order valence-corrected chi connectivity index (χ1v) is 19.2. The molecule has 2 aromatic carbocycles. The van der Waals surface area contributed by atoms with Crippen LogP contribution < -0.4 is 0 Å². The lowest BCUT2D eigenvalue weighted by molar-refractivity contribution is -0.144. The van der Waals surface area contributed by atoms with Crippen molar-refractivity contribution < 1.29 is 19.1 Å². The molecular formula is C44H56Br2N2O4. The third kappa shape index (κ3) is 18.8. The molecule has 0 aromatic heterocycles. The topological polar surface area (TPSA) is 59.1 Å². The van der Waals surface area contributed by atoms with Gasteiger partial charge in [0.05, 0.1) is 0 Å². The number of hydrogen-bond donors (Lipinski definition) is 0. The van der Waals surface area contributed by atoms with Gasteiger partial charge >= 0.3 is 11.9 Å². The van der Waals surface area contributed by atoms with Gasteiger partial charge in [0.2, 0.25) is 0 Å². The maximum Gasteiger partial charge on any atom is 0.331 e. The minimum absolute atomic E-state index is 0.619. The van der Waals surface area contributed by atoms with E-state index in [2.05, 4.69) is 94.9 Å². The van der Waals surface area contributed by atoms with E-state index in [1.807, 2.05) is 86.7 Å². The Morgan fingerprint density at radius 3 is 1.31 bits per heavy atom. The minimum atomic E-state index is -0.636. The quantitative estimate of drug-likeness (QED) is 0.0669. The first-order chi connectivity index (χ1) is 24.8. The monoisotopic (exact) mass is 834 g/mol. The van der Waals surface area contributed by atoms with Crippen LogP contribution in [0.2, 0.25) is 0 Å². The molecule has 0 aliphatic heterocycles. The lowest BCUT2D eigenvalue weighted by Gasteiger charge is -2.17. The Kier molecular flexibility index (Phi) is 21.1. The molecular weight excluding hydrogens is 780 g/mol. The molecule has 280 valence electrons. The van der Waals surface area contributed by atoms with Crippen molar-refractivity contribution in [3.05, 3.63) is 153 Å². The fourth-order valence-corrected chi connectivity index (χ4v) is 6.02. The van der Waals surface area contributed by atoms with Crippen LogP contribution in [0.3, 0.4) is 0 Å². The van der Waals surface area contributed by atoms with Crippen molar-refractivity contribution in [2.24, 2.45) is 0 Å². The van der Waals surface area contributed by atoms with Crippen LogP contribution in [0.15, 0.2) is 142 Å². The van der Waals surface area contributed by atoms with Gasteiger partial charge in [-0.05, 0) is 115 Å². The molecule has 0 saturated heterocycles. The zero-order valence-corrected chi connectivity index (χ0v) is 34.9. The average molecular weight is 837 g/mol. The highest BCUT2D eigenvalue weighted by Gasteiger charge is 2.17. The van der Waals surface area contributed by atoms with Crippen LogP contribution in [0.1, 0.15) is 76.7 Å². The molecule has 0 saturated carbocycles. The number of esters is 2. The van der Waals surface area contributed by atoms with Crippen molar-refractivity contribution in [3.8, 4) is 0 Å². The van der Waals surface area contributed by atoms with Gasteiger partial charge < -0.3 is 9.47 Å². The maximum atomic E-state index is 13.1. The third-order valence-electron chi connectivity index (χ3n) is 8.09. The van der Waals surface area contributed by atoms with Crippen LogP contribution in [-0.4, -0.2) is 62.0 Å². The van der Waals surface area contributed by atoms with Crippen LogP contribution in [0, 0.1) is 0 Å². The second kappa shape index (κ2) is 24.6. The number of halogens is 2. The molecule has 2 atom stereocenters. The summed E-state index contributed by atoms with van der Waals surface area (Å²) in [4.78, 5) is 30.6. The normalized spacial score (nSPS) is 14.1. The van der Waals surface area contributed by atoms with Gasteiger partial charge in [-0.15, -0.1) is 13.2 Å². The van der Waals surface area contributed by atoms with Gasteiger partial charge in [-0.1, -0.05) is 103 Å². The molecule has 0 N–H and O–H groups in total. The molecule has 0 bridgehead atoms. The van der Waals surface area contributed by atoms with E-state index in [9.17, 15) is 9.59 Å². The molecule has 0 fully saturated rings. The predicted octanol–water partition coefficient (Wildman–Crippen LogP) is 11.2. The highest BCUT2D eigenvalue weighted by atomic mass is 79.9. The molecule has 0 radical (unpaired) electrons. The Morgan fingerprint density at radius 2 is 0.981 bits per heavy atom. The van der Waals surface area contributed by atoms with Crippen molar-refractivity contribution >= 4 is 43.8 Å². The lowest BCUT2D eigenvalue weighted by Crippen LogP contribution is -2.20. The van der Waals surface area contributed by atoms with Crippen molar-refractivity contribution in [1.29, 1.82) is 0 Å². The van der Waals surface area contributed by atoms with Crippen LogP contribution >= 0.6 is 31.9 Å². The molecule has 0 amide bonds. The summed E-state index contributed by atoms with van der Waals surface area (Å²) in [7, 11) is 4.14. The zero-order valence-electron chi connectivity index (χ0n) is 31.7. The number of carbonyl (C=O) groups excluding carboxylic acids is 2. The lowest BCUT2D eigenvalue weighted by atomic mass is 10.0. The number of carbonyl (C=O) groups is 2. The minimum Gasteiger partial charge on any atom is -0.450 e. The van der Waals surface area contributed by atoms with Crippen molar-refractivity contribution in [2.45, 2.75) is 65.6 Å². The Morgan fingerprint density at radius 1 is 0.635 bits per heavy atom. The zero-order chi connectivity index (χ0) is 38.5. The van der Waals surface area contributed by atoms with Crippen molar-refractivity contribution in [2.75, 3.05) is 40.3 Å². The Hall–Kier alpha value is -3.56. The third-order valence-corrected chi connectivity index (χ3v) is 9.15. The molecule has 8 heteroatoms. The Balaban J connectivity index is 2.14. The Labute approximate surface area is 329 Å². The van der Waals surface area contributed by atoms with E-state index >= 15 is 0 Å². The van der Waals surface area contributed by atoms with E-state index in [-0.39, 0.29) is 0 Å². The smallest absolute Gasteiger partial charge is 0.331 e. The van der Waals surface area contributed by atoms with Gasteiger partial charge in [0.15, 0.2) is 0 Å². The molecule has 0 aliphatic carbocycles. The van der Waals surface area contributed by atoms with Gasteiger partial charge in [0, 0.05) is 47.3 Å². The van der Waals surface area contributed by atoms with Crippen LogP contribution in [0.5, 0.6) is 0 Å². The molecule has 0 aliphatic rings. The van der Waals surface area contributed by atoms with E-state index in [1.54, 1.807) is 0 Å². The standard InChI is InChI=1S/C44H56Br2N2O4/c1-9-27-47(7)31-35(5)15-11-13-33(3)29-41(37-17-21-39(45)22-18-37)51-43(49)25-26-44(50)52-42(38-19-23-40(46)24-20-38)30-34(4)14-12-16-36(6)32-48(8)28-10-2/h9-10,15-26,29-30,41-42H,1-2,11-14,27-28,31-32H2,3-8H3/b26-25+,33-29+,34-30+,35-15+,36-16+/t41-,42-/m0/s1. The van der Waals surface area contributed by atoms with Crippen LogP contribution in [0.4, 0.5) is 0 Å². The number of ether oxygens (including phenoxy) is 2. The predicted molar refractivity (Wildman–Crippen MR) is 224 cm³/mol. The van der Waals surface area contributed by atoms with Crippen LogP contribution in [-0.2, 0) is 19.1 Å². The first kappa shape index (κ1) is 44.6. The first-order valence-electron chi connectivity index (χ1n) is 17.6. The molecule has 2 rings (SSSR count). The van der Waals surface area contributed by atoms with Crippen molar-refractivity contribution in [3.63, 3.8) is 0 Å². The molecule has 6 nitrogen and oxygen atoms in total. The van der Waals surface area contributed by atoms with Gasteiger partial charge in [-0.3, -0.25) is 9.80 Å². The Bertz CT molecular complexity index is 1480. The summed E-state index contributed by atoms with van der Waals surface area (Å²) in [6.45, 7) is 19.4. The van der Waals surface area contributed by atoms with Gasteiger partial charge in [0.25, 0.3) is 0 Å². The van der Waals surface area contributed by atoms with E-state index < -0.39 is 24.1 Å². The van der Waals surface area contributed by atoms with Gasteiger partial charge in [-0.2, -0.15) is 0 Å². The fraction of sp³-hybridized carbons (Fsp3) is 0.364. The average Bonchev–Trinajstić information content (AvgIpc) is 3.07. The van der Waals surface area contributed by atoms with Crippen LogP contribution in [0.25, 0.3) is 0 Å². The summed E-state index contributed by atoms with van der Waals surface area (Å²) < 4.78 is 13.6. The second-order valence-electron chi connectivity index (χ2n) is 13.3. The second-order valence-corrected chi connectivity index (χ2v) is 15.2. The summed E-state index contributed by atoms with van der Waals surface area (Å²) in [6.07, 6.45) is 16.6.